The van der Waals surface area contributed by atoms with E-state index in [4.69, 9.17) is 0 Å². The average molecular weight is 510 g/mol. The van der Waals surface area contributed by atoms with Crippen LogP contribution in [-0.4, -0.2) is 35.9 Å². The summed E-state index contributed by atoms with van der Waals surface area (Å²) in [6.07, 6.45) is 5.98. The predicted octanol–water partition coefficient (Wildman–Crippen LogP) is 6.25. The Balaban J connectivity index is 1.32. The Morgan fingerprint density at radius 3 is 2.45 bits per heavy atom. The molecule has 1 heterocycles. The van der Waals surface area contributed by atoms with E-state index in [1.165, 1.54) is 28.2 Å². The van der Waals surface area contributed by atoms with Gasteiger partial charge in [-0.25, -0.2) is 4.39 Å². The first kappa shape index (κ1) is 24.9. The largest absolute Gasteiger partial charge is 0.358 e. The van der Waals surface area contributed by atoms with Crippen LogP contribution < -0.4 is 5.32 Å². The fraction of sp³-hybridized carbons (Fsp3) is 0.364. The molecule has 4 nitrogen and oxygen atoms in total. The molecule has 0 radical (unpaired) electrons. The molecule has 2 aliphatic rings. The van der Waals surface area contributed by atoms with Gasteiger partial charge in [-0.05, 0) is 87.5 Å². The number of aromatic nitrogens is 1. The third kappa shape index (κ3) is 4.33. The van der Waals surface area contributed by atoms with Crippen LogP contribution in [0.3, 0.4) is 0 Å². The number of carbonyl (C=O) groups excluding carboxylic acids is 1. The number of hydrogen-bond donors (Lipinski definition) is 2. The van der Waals surface area contributed by atoms with E-state index in [9.17, 15) is 9.18 Å². The molecule has 5 heteroatoms. The second kappa shape index (κ2) is 9.70. The fourth-order valence-electron chi connectivity index (χ4n) is 7.29. The van der Waals surface area contributed by atoms with E-state index < -0.39 is 0 Å². The number of carbonyl (C=O) groups is 1. The van der Waals surface area contributed by atoms with Gasteiger partial charge in [0.15, 0.2) is 0 Å². The number of nitrogens with zero attached hydrogens (tertiary/aromatic N) is 1. The molecule has 1 atom stereocenters. The topological polar surface area (TPSA) is 48.1 Å². The van der Waals surface area contributed by atoms with E-state index >= 15 is 0 Å². The summed E-state index contributed by atoms with van der Waals surface area (Å²) in [5.41, 5.74) is 5.69. The predicted molar refractivity (Wildman–Crippen MR) is 151 cm³/mol. The van der Waals surface area contributed by atoms with Gasteiger partial charge in [-0.15, -0.1) is 0 Å². The van der Waals surface area contributed by atoms with Crippen molar-refractivity contribution >= 4 is 16.8 Å². The van der Waals surface area contributed by atoms with E-state index in [-0.39, 0.29) is 28.7 Å². The van der Waals surface area contributed by atoms with Crippen LogP contribution in [0, 0.1) is 5.82 Å². The second-order valence-corrected chi connectivity index (χ2v) is 11.6. The molecule has 196 valence electrons. The summed E-state index contributed by atoms with van der Waals surface area (Å²) in [5, 5.41) is 4.67. The number of aromatic amines is 1. The maximum absolute atomic E-state index is 14.3. The molecule has 2 N–H and O–H groups in total. The SMILES string of the molecule is CN(C)C1(c2cccc(F)c2)CCC2(CC1)CC(NC(=O)Cc1ccccc1)Cc1c2[nH]c2ccccc12. The summed E-state index contributed by atoms with van der Waals surface area (Å²) >= 11 is 0. The van der Waals surface area contributed by atoms with Crippen LogP contribution in [0.5, 0.6) is 0 Å². The third-order valence-corrected chi connectivity index (χ3v) is 9.26. The second-order valence-electron chi connectivity index (χ2n) is 11.6. The monoisotopic (exact) mass is 509 g/mol. The van der Waals surface area contributed by atoms with Crippen molar-refractivity contribution in [3.8, 4) is 0 Å². The molecule has 0 saturated heterocycles. The third-order valence-electron chi connectivity index (χ3n) is 9.26. The zero-order chi connectivity index (χ0) is 26.3. The molecule has 0 aliphatic heterocycles. The first-order valence-corrected chi connectivity index (χ1v) is 13.8. The number of benzene rings is 3. The van der Waals surface area contributed by atoms with Crippen LogP contribution in [0.15, 0.2) is 78.9 Å². The summed E-state index contributed by atoms with van der Waals surface area (Å²) in [4.78, 5) is 19.2. The number of H-pyrrole nitrogens is 1. The molecule has 1 unspecified atom stereocenters. The lowest BCUT2D eigenvalue weighted by Gasteiger charge is -2.52. The van der Waals surface area contributed by atoms with E-state index in [2.05, 4.69) is 59.6 Å². The van der Waals surface area contributed by atoms with Gasteiger partial charge in [0.25, 0.3) is 0 Å². The Morgan fingerprint density at radius 2 is 1.71 bits per heavy atom. The van der Waals surface area contributed by atoms with Crippen molar-refractivity contribution < 1.29 is 9.18 Å². The molecular weight excluding hydrogens is 473 g/mol. The number of amides is 1. The molecule has 38 heavy (non-hydrogen) atoms. The van der Waals surface area contributed by atoms with Gasteiger partial charge in [-0.2, -0.15) is 0 Å². The standard InChI is InChI=1S/C33H36FN3O/c1-37(2)33(24-11-8-12-25(34)20-24)17-15-32(16-18-33)22-26(35-30(38)19-23-9-4-3-5-10-23)21-28-27-13-6-7-14-29(27)36-31(28)32/h3-14,20,26,36H,15-19,21-22H2,1-2H3,(H,35,38). The highest BCUT2D eigenvalue weighted by molar-refractivity contribution is 5.86. The Labute approximate surface area is 224 Å². The molecule has 4 aromatic rings. The van der Waals surface area contributed by atoms with Gasteiger partial charge in [0, 0.05) is 33.6 Å². The Hall–Kier alpha value is -3.44. The van der Waals surface area contributed by atoms with Gasteiger partial charge in [-0.1, -0.05) is 60.7 Å². The smallest absolute Gasteiger partial charge is 0.224 e. The molecular formula is C33H36FN3O. The highest BCUT2D eigenvalue weighted by atomic mass is 19.1. The van der Waals surface area contributed by atoms with Crippen molar-refractivity contribution in [2.24, 2.45) is 0 Å². The van der Waals surface area contributed by atoms with Gasteiger partial charge in [0.05, 0.1) is 6.42 Å². The number of nitrogens with one attached hydrogen (secondary N) is 2. The molecule has 6 rings (SSSR count). The minimum atomic E-state index is -0.205. The number of hydrogen-bond acceptors (Lipinski definition) is 2. The van der Waals surface area contributed by atoms with E-state index in [0.29, 0.717) is 6.42 Å². The number of para-hydroxylation sites is 1. The molecule has 1 fully saturated rings. The van der Waals surface area contributed by atoms with Crippen LogP contribution in [0.1, 0.15) is 54.5 Å². The summed E-state index contributed by atoms with van der Waals surface area (Å²) < 4.78 is 14.3. The van der Waals surface area contributed by atoms with E-state index in [1.807, 2.05) is 36.4 Å². The van der Waals surface area contributed by atoms with Gasteiger partial charge in [0.2, 0.25) is 5.91 Å². The summed E-state index contributed by atoms with van der Waals surface area (Å²) in [7, 11) is 4.23. The lowest BCUT2D eigenvalue weighted by atomic mass is 9.58. The van der Waals surface area contributed by atoms with Crippen molar-refractivity contribution in [2.45, 2.75) is 61.9 Å². The molecule has 3 aromatic carbocycles. The Kier molecular flexibility index (Phi) is 6.35. The number of halogens is 1. The summed E-state index contributed by atoms with van der Waals surface area (Å²) in [6.45, 7) is 0. The van der Waals surface area contributed by atoms with Crippen molar-refractivity contribution in [1.29, 1.82) is 0 Å². The van der Waals surface area contributed by atoms with Crippen molar-refractivity contribution in [3.63, 3.8) is 0 Å². The molecule has 1 aromatic heterocycles. The van der Waals surface area contributed by atoms with Gasteiger partial charge in [-0.3, -0.25) is 9.69 Å². The first-order valence-electron chi connectivity index (χ1n) is 13.8. The van der Waals surface area contributed by atoms with E-state index in [1.54, 1.807) is 6.07 Å². The normalized spacial score (nSPS) is 25.0. The average Bonchev–Trinajstić information content (AvgIpc) is 3.29. The lowest BCUT2D eigenvalue weighted by Crippen LogP contribution is -2.52. The van der Waals surface area contributed by atoms with Crippen molar-refractivity contribution in [2.75, 3.05) is 14.1 Å². The van der Waals surface area contributed by atoms with Gasteiger partial charge >= 0.3 is 0 Å². The molecule has 2 aliphatic carbocycles. The number of rotatable bonds is 5. The summed E-state index contributed by atoms with van der Waals surface area (Å²) in [5.74, 6) is -0.0985. The zero-order valence-electron chi connectivity index (χ0n) is 22.3. The number of fused-ring (bicyclic) bond motifs is 4. The first-order chi connectivity index (χ1) is 18.4. The summed E-state index contributed by atoms with van der Waals surface area (Å²) in [6, 6.07) is 25.7. The molecule has 1 saturated carbocycles. The fourth-order valence-corrected chi connectivity index (χ4v) is 7.29. The highest BCUT2D eigenvalue weighted by Gasteiger charge is 2.50. The van der Waals surface area contributed by atoms with Gasteiger partial charge in [0.1, 0.15) is 5.82 Å². The minimum Gasteiger partial charge on any atom is -0.358 e. The molecule has 1 spiro atoms. The van der Waals surface area contributed by atoms with Crippen LogP contribution in [-0.2, 0) is 28.6 Å². The quantitative estimate of drug-likeness (QED) is 0.334. The van der Waals surface area contributed by atoms with Gasteiger partial charge < -0.3 is 10.3 Å². The van der Waals surface area contributed by atoms with E-state index in [0.717, 1.165) is 49.7 Å². The maximum atomic E-state index is 14.3. The maximum Gasteiger partial charge on any atom is 0.224 e. The van der Waals surface area contributed by atoms with Crippen molar-refractivity contribution in [1.82, 2.24) is 15.2 Å². The minimum absolute atomic E-state index is 0.0515. The highest BCUT2D eigenvalue weighted by Crippen LogP contribution is 2.54. The Morgan fingerprint density at radius 1 is 0.974 bits per heavy atom. The zero-order valence-corrected chi connectivity index (χ0v) is 22.3. The Bertz CT molecular complexity index is 1450. The molecule has 0 bridgehead atoms. The van der Waals surface area contributed by atoms with Crippen LogP contribution in [0.25, 0.3) is 10.9 Å². The lowest BCUT2D eigenvalue weighted by molar-refractivity contribution is -0.121. The van der Waals surface area contributed by atoms with Crippen LogP contribution >= 0.6 is 0 Å². The van der Waals surface area contributed by atoms with Crippen LogP contribution in [0.2, 0.25) is 0 Å². The van der Waals surface area contributed by atoms with Crippen molar-refractivity contribution in [3.05, 3.63) is 107 Å². The van der Waals surface area contributed by atoms with Crippen LogP contribution in [0.4, 0.5) is 4.39 Å². The molecule has 1 amide bonds.